The molecule has 0 atom stereocenters. The molecule has 9 heteroatoms. The van der Waals surface area contributed by atoms with Gasteiger partial charge in [-0.3, -0.25) is 4.79 Å². The van der Waals surface area contributed by atoms with Gasteiger partial charge in [0.15, 0.2) is 0 Å². The topological polar surface area (TPSA) is 60.9 Å². The number of rotatable bonds is 5. The second-order valence-electron chi connectivity index (χ2n) is 6.56. The average molecular weight is 487 g/mol. The number of hydrogen-bond acceptors (Lipinski definition) is 4. The van der Waals surface area contributed by atoms with Crippen LogP contribution in [0.5, 0.6) is 0 Å². The normalized spacial score (nSPS) is 15.1. The Morgan fingerprint density at radius 1 is 1.11 bits per heavy atom. The molecule has 0 spiro atoms. The van der Waals surface area contributed by atoms with E-state index in [1.165, 1.54) is 19.2 Å². The summed E-state index contributed by atoms with van der Waals surface area (Å²) < 4.78 is 27.2. The third-order valence-corrected chi connectivity index (χ3v) is 7.27. The van der Waals surface area contributed by atoms with Crippen LogP contribution in [0.1, 0.15) is 0 Å². The van der Waals surface area contributed by atoms with E-state index in [2.05, 4.69) is 20.8 Å². The maximum Gasteiger partial charge on any atom is 0.243 e. The Hall–Kier alpha value is -1.61. The maximum absolute atomic E-state index is 12.6. The summed E-state index contributed by atoms with van der Waals surface area (Å²) in [6.07, 6.45) is 0. The highest BCUT2D eigenvalue weighted by molar-refractivity contribution is 9.10. The van der Waals surface area contributed by atoms with Crippen LogP contribution < -0.4 is 4.90 Å². The number of anilines is 1. The lowest BCUT2D eigenvalue weighted by Crippen LogP contribution is -2.51. The van der Waals surface area contributed by atoms with Gasteiger partial charge in [0.25, 0.3) is 0 Å². The van der Waals surface area contributed by atoms with Crippen molar-refractivity contribution in [2.45, 2.75) is 4.90 Å². The van der Waals surface area contributed by atoms with E-state index in [4.69, 9.17) is 11.6 Å². The van der Waals surface area contributed by atoms with Crippen LogP contribution in [0, 0.1) is 0 Å². The molecule has 0 aromatic heterocycles. The number of carbonyl (C=O) groups is 1. The van der Waals surface area contributed by atoms with Crippen molar-refractivity contribution in [1.82, 2.24) is 9.21 Å². The van der Waals surface area contributed by atoms with Gasteiger partial charge in [-0.1, -0.05) is 33.6 Å². The molecule has 0 saturated carbocycles. The number of hydrogen-bond donors (Lipinski definition) is 0. The monoisotopic (exact) mass is 485 g/mol. The lowest BCUT2D eigenvalue weighted by Gasteiger charge is -2.36. The minimum atomic E-state index is -3.71. The first kappa shape index (κ1) is 21.1. The molecule has 6 nitrogen and oxygen atoms in total. The first-order valence-corrected chi connectivity index (χ1v) is 11.4. The molecule has 150 valence electrons. The highest BCUT2D eigenvalue weighted by Crippen LogP contribution is 2.21. The van der Waals surface area contributed by atoms with Gasteiger partial charge in [0, 0.05) is 48.4 Å². The van der Waals surface area contributed by atoms with Gasteiger partial charge < -0.3 is 9.80 Å². The molecule has 1 aliphatic heterocycles. The predicted octanol–water partition coefficient (Wildman–Crippen LogP) is 3.07. The Kier molecular flexibility index (Phi) is 6.65. The van der Waals surface area contributed by atoms with E-state index in [0.717, 1.165) is 14.5 Å². The molecule has 0 unspecified atom stereocenters. The fraction of sp³-hybridized carbons (Fsp3) is 0.316. The summed E-state index contributed by atoms with van der Waals surface area (Å²) >= 11 is 9.33. The van der Waals surface area contributed by atoms with Crippen molar-refractivity contribution < 1.29 is 13.2 Å². The SMILES string of the molecule is CN(CC(=O)N1CCN(c2cccc(Cl)c2)CC1)S(=O)(=O)c1ccc(Br)cc1. The quantitative estimate of drug-likeness (QED) is 0.652. The second kappa shape index (κ2) is 8.82. The summed E-state index contributed by atoms with van der Waals surface area (Å²) in [6.45, 7) is 2.25. The fourth-order valence-electron chi connectivity index (χ4n) is 3.05. The van der Waals surface area contributed by atoms with Gasteiger partial charge in [-0.25, -0.2) is 8.42 Å². The molecule has 1 fully saturated rings. The van der Waals surface area contributed by atoms with E-state index in [9.17, 15) is 13.2 Å². The lowest BCUT2D eigenvalue weighted by atomic mass is 10.2. The Morgan fingerprint density at radius 3 is 2.36 bits per heavy atom. The van der Waals surface area contributed by atoms with Gasteiger partial charge in [-0.2, -0.15) is 4.31 Å². The van der Waals surface area contributed by atoms with Crippen molar-refractivity contribution in [1.29, 1.82) is 0 Å². The van der Waals surface area contributed by atoms with E-state index in [-0.39, 0.29) is 17.3 Å². The second-order valence-corrected chi connectivity index (χ2v) is 9.96. The van der Waals surface area contributed by atoms with Crippen LogP contribution in [0.15, 0.2) is 57.9 Å². The van der Waals surface area contributed by atoms with Gasteiger partial charge >= 0.3 is 0 Å². The molecule has 0 N–H and O–H groups in total. The number of nitrogens with zero attached hydrogens (tertiary/aromatic N) is 3. The molecular weight excluding hydrogens is 466 g/mol. The van der Waals surface area contributed by atoms with Gasteiger partial charge in [-0.05, 0) is 42.5 Å². The Bertz CT molecular complexity index is 945. The first-order chi connectivity index (χ1) is 13.3. The number of piperazine rings is 1. The van der Waals surface area contributed by atoms with E-state index in [1.807, 2.05) is 24.3 Å². The Morgan fingerprint density at radius 2 is 1.75 bits per heavy atom. The molecular formula is C19H21BrClN3O3S. The van der Waals surface area contributed by atoms with Gasteiger partial charge in [-0.15, -0.1) is 0 Å². The van der Waals surface area contributed by atoms with Crippen LogP contribution in [0.3, 0.4) is 0 Å². The van der Waals surface area contributed by atoms with Crippen LogP contribution in [0.25, 0.3) is 0 Å². The number of likely N-dealkylation sites (N-methyl/N-ethyl adjacent to an activating group) is 1. The molecule has 1 heterocycles. The number of sulfonamides is 1. The zero-order chi connectivity index (χ0) is 20.3. The fourth-order valence-corrected chi connectivity index (χ4v) is 4.62. The van der Waals surface area contributed by atoms with Gasteiger partial charge in [0.05, 0.1) is 11.4 Å². The predicted molar refractivity (Wildman–Crippen MR) is 114 cm³/mol. The minimum Gasteiger partial charge on any atom is -0.368 e. The first-order valence-electron chi connectivity index (χ1n) is 8.77. The van der Waals surface area contributed by atoms with Crippen molar-refractivity contribution in [3.05, 3.63) is 58.0 Å². The Balaban J connectivity index is 1.58. The summed E-state index contributed by atoms with van der Waals surface area (Å²) in [6, 6.07) is 14.0. The molecule has 28 heavy (non-hydrogen) atoms. The summed E-state index contributed by atoms with van der Waals surface area (Å²) in [4.78, 5) is 16.6. The average Bonchev–Trinajstić information content (AvgIpc) is 2.68. The minimum absolute atomic E-state index is 0.164. The highest BCUT2D eigenvalue weighted by atomic mass is 79.9. The lowest BCUT2D eigenvalue weighted by molar-refractivity contribution is -0.131. The molecule has 0 radical (unpaired) electrons. The summed E-state index contributed by atoms with van der Waals surface area (Å²) in [5, 5.41) is 0.677. The number of benzene rings is 2. The third kappa shape index (κ3) is 4.86. The van der Waals surface area contributed by atoms with E-state index in [0.29, 0.717) is 31.2 Å². The summed E-state index contributed by atoms with van der Waals surface area (Å²) in [7, 11) is -2.28. The van der Waals surface area contributed by atoms with Crippen molar-refractivity contribution in [2.75, 3.05) is 44.7 Å². The smallest absolute Gasteiger partial charge is 0.243 e. The van der Waals surface area contributed by atoms with Crippen LogP contribution in [0.4, 0.5) is 5.69 Å². The standard InChI is InChI=1S/C19H21BrClN3O3S/c1-22(28(26,27)18-7-5-15(20)6-8-18)14-19(25)24-11-9-23(10-12-24)17-4-2-3-16(21)13-17/h2-8,13H,9-12,14H2,1H3. The van der Waals surface area contributed by atoms with Gasteiger partial charge in [0.1, 0.15) is 0 Å². The molecule has 3 rings (SSSR count). The molecule has 1 amide bonds. The van der Waals surface area contributed by atoms with Crippen molar-refractivity contribution in [2.24, 2.45) is 0 Å². The van der Waals surface area contributed by atoms with Crippen LogP contribution in [-0.4, -0.2) is 63.3 Å². The largest absolute Gasteiger partial charge is 0.368 e. The molecule has 0 aliphatic carbocycles. The number of carbonyl (C=O) groups excluding carboxylic acids is 1. The zero-order valence-electron chi connectivity index (χ0n) is 15.4. The van der Waals surface area contributed by atoms with Crippen LogP contribution in [0.2, 0.25) is 5.02 Å². The van der Waals surface area contributed by atoms with E-state index >= 15 is 0 Å². The van der Waals surface area contributed by atoms with Crippen molar-refractivity contribution >= 4 is 49.1 Å². The summed E-state index contributed by atoms with van der Waals surface area (Å²) in [5.41, 5.74) is 1.02. The van der Waals surface area contributed by atoms with E-state index < -0.39 is 10.0 Å². The third-order valence-electron chi connectivity index (χ3n) is 4.69. The maximum atomic E-state index is 12.6. The molecule has 2 aromatic carbocycles. The number of amides is 1. The molecule has 0 bridgehead atoms. The van der Waals surface area contributed by atoms with Crippen LogP contribution in [-0.2, 0) is 14.8 Å². The number of halogens is 2. The van der Waals surface area contributed by atoms with Gasteiger partial charge in [0.2, 0.25) is 15.9 Å². The van der Waals surface area contributed by atoms with E-state index in [1.54, 1.807) is 17.0 Å². The zero-order valence-corrected chi connectivity index (χ0v) is 18.5. The molecule has 1 aliphatic rings. The highest BCUT2D eigenvalue weighted by Gasteiger charge is 2.27. The van der Waals surface area contributed by atoms with Crippen LogP contribution >= 0.6 is 27.5 Å². The summed E-state index contributed by atoms with van der Waals surface area (Å²) in [5.74, 6) is -0.200. The molecule has 2 aromatic rings. The van der Waals surface area contributed by atoms with Crippen molar-refractivity contribution in [3.8, 4) is 0 Å². The van der Waals surface area contributed by atoms with Crippen molar-refractivity contribution in [3.63, 3.8) is 0 Å². The Labute approximate surface area is 178 Å². The molecule has 1 saturated heterocycles.